The summed E-state index contributed by atoms with van der Waals surface area (Å²) in [7, 11) is 0. The Morgan fingerprint density at radius 3 is 3.13 bits per heavy atom. The monoisotopic (exact) mass is 269 g/mol. The molecule has 0 amide bonds. The number of carbonyl (C=O) groups is 1. The first kappa shape index (κ1) is 9.46. The molecule has 0 bridgehead atoms. The van der Waals surface area contributed by atoms with E-state index >= 15 is 0 Å². The summed E-state index contributed by atoms with van der Waals surface area (Å²) in [5.74, 6) is 1.27. The second-order valence-corrected chi connectivity index (χ2v) is 5.03. The Kier molecular flexibility index (Phi) is 1.96. The molecule has 2 atom stereocenters. The van der Waals surface area contributed by atoms with Gasteiger partial charge in [-0.3, -0.25) is 0 Å². The third-order valence-electron chi connectivity index (χ3n) is 3.30. The predicted octanol–water partition coefficient (Wildman–Crippen LogP) is 2.61. The lowest BCUT2D eigenvalue weighted by Crippen LogP contribution is -2.06. The van der Waals surface area contributed by atoms with Gasteiger partial charge in [-0.05, 0) is 53.1 Å². The zero-order valence-corrected chi connectivity index (χ0v) is 10.1. The smallest absolute Gasteiger partial charge is 0.355 e. The number of hydrogen-bond donors (Lipinski definition) is 1. The maximum Gasteiger partial charge on any atom is 0.355 e. The Bertz CT molecular complexity index is 438. The Hall–Kier alpha value is -0.770. The van der Waals surface area contributed by atoms with Gasteiger partial charge in [0.2, 0.25) is 0 Å². The SMILES string of the molecule is CCOC(=O)c1[nH]c2c(c1Br)C1CC1C2. The van der Waals surface area contributed by atoms with Gasteiger partial charge in [0.25, 0.3) is 0 Å². The largest absolute Gasteiger partial charge is 0.461 e. The highest BCUT2D eigenvalue weighted by molar-refractivity contribution is 9.10. The zero-order valence-electron chi connectivity index (χ0n) is 8.47. The van der Waals surface area contributed by atoms with Crippen molar-refractivity contribution in [1.29, 1.82) is 0 Å². The molecule has 1 aromatic rings. The molecular formula is C11H12BrNO2. The molecule has 1 fully saturated rings. The minimum atomic E-state index is -0.254. The van der Waals surface area contributed by atoms with Crippen LogP contribution in [0.25, 0.3) is 0 Å². The molecule has 3 nitrogen and oxygen atoms in total. The van der Waals surface area contributed by atoms with Gasteiger partial charge in [0.15, 0.2) is 0 Å². The van der Waals surface area contributed by atoms with Crippen molar-refractivity contribution >= 4 is 21.9 Å². The molecular weight excluding hydrogens is 258 g/mol. The van der Waals surface area contributed by atoms with Crippen molar-refractivity contribution in [1.82, 2.24) is 4.98 Å². The van der Waals surface area contributed by atoms with E-state index in [-0.39, 0.29) is 5.97 Å². The van der Waals surface area contributed by atoms with Gasteiger partial charge in [0.05, 0.1) is 11.1 Å². The highest BCUT2D eigenvalue weighted by Crippen LogP contribution is 2.58. The Labute approximate surface area is 96.3 Å². The Morgan fingerprint density at radius 2 is 2.47 bits per heavy atom. The van der Waals surface area contributed by atoms with Crippen molar-refractivity contribution in [3.05, 3.63) is 21.4 Å². The van der Waals surface area contributed by atoms with Gasteiger partial charge in [0, 0.05) is 5.69 Å². The van der Waals surface area contributed by atoms with Crippen molar-refractivity contribution in [2.75, 3.05) is 6.61 Å². The first-order valence-corrected chi connectivity index (χ1v) is 6.09. The molecule has 80 valence electrons. The van der Waals surface area contributed by atoms with Crippen molar-refractivity contribution in [2.45, 2.75) is 25.7 Å². The number of carbonyl (C=O) groups excluding carboxylic acids is 1. The van der Waals surface area contributed by atoms with E-state index in [9.17, 15) is 4.79 Å². The predicted molar refractivity (Wildman–Crippen MR) is 59.0 cm³/mol. The normalized spacial score (nSPS) is 26.0. The van der Waals surface area contributed by atoms with Crippen LogP contribution in [0.4, 0.5) is 0 Å². The van der Waals surface area contributed by atoms with E-state index in [0.717, 1.165) is 16.8 Å². The number of rotatable bonds is 2. The van der Waals surface area contributed by atoms with Gasteiger partial charge in [0.1, 0.15) is 5.69 Å². The quantitative estimate of drug-likeness (QED) is 0.839. The summed E-state index contributed by atoms with van der Waals surface area (Å²) in [5, 5.41) is 0. The van der Waals surface area contributed by atoms with Crippen molar-refractivity contribution in [3.63, 3.8) is 0 Å². The van der Waals surface area contributed by atoms with Crippen molar-refractivity contribution in [2.24, 2.45) is 5.92 Å². The number of halogens is 1. The van der Waals surface area contributed by atoms with Crippen LogP contribution in [0.1, 0.15) is 41.0 Å². The van der Waals surface area contributed by atoms with Gasteiger partial charge >= 0.3 is 5.97 Å². The highest BCUT2D eigenvalue weighted by Gasteiger charge is 2.48. The van der Waals surface area contributed by atoms with E-state index in [1.165, 1.54) is 17.7 Å². The van der Waals surface area contributed by atoms with E-state index in [1.54, 1.807) is 0 Å². The fourth-order valence-corrected chi connectivity index (χ4v) is 3.31. The summed E-state index contributed by atoms with van der Waals surface area (Å²) < 4.78 is 5.93. The molecule has 1 saturated carbocycles. The maximum atomic E-state index is 11.6. The van der Waals surface area contributed by atoms with Gasteiger partial charge in [-0.25, -0.2) is 4.79 Å². The molecule has 0 saturated heterocycles. The van der Waals surface area contributed by atoms with Gasteiger partial charge in [-0.2, -0.15) is 0 Å². The van der Waals surface area contributed by atoms with Crippen LogP contribution in [0.3, 0.4) is 0 Å². The van der Waals surface area contributed by atoms with E-state index < -0.39 is 0 Å². The van der Waals surface area contributed by atoms with Crippen LogP contribution in [-0.2, 0) is 11.2 Å². The molecule has 1 aromatic heterocycles. The van der Waals surface area contributed by atoms with Crippen LogP contribution < -0.4 is 0 Å². The topological polar surface area (TPSA) is 42.1 Å². The van der Waals surface area contributed by atoms with Gasteiger partial charge in [-0.15, -0.1) is 0 Å². The van der Waals surface area contributed by atoms with Crippen LogP contribution in [0, 0.1) is 5.92 Å². The summed E-state index contributed by atoms with van der Waals surface area (Å²) in [6, 6.07) is 0. The van der Waals surface area contributed by atoms with E-state index in [1.807, 2.05) is 6.92 Å². The summed E-state index contributed by atoms with van der Waals surface area (Å²) >= 11 is 3.51. The molecule has 0 aromatic carbocycles. The molecule has 2 unspecified atom stereocenters. The van der Waals surface area contributed by atoms with Crippen molar-refractivity contribution in [3.8, 4) is 0 Å². The maximum absolute atomic E-state index is 11.6. The van der Waals surface area contributed by atoms with Crippen LogP contribution >= 0.6 is 15.9 Å². The van der Waals surface area contributed by atoms with Crippen LogP contribution in [0.15, 0.2) is 4.47 Å². The highest BCUT2D eigenvalue weighted by atomic mass is 79.9. The lowest BCUT2D eigenvalue weighted by atomic mass is 10.2. The number of esters is 1. The van der Waals surface area contributed by atoms with Crippen LogP contribution in [0.2, 0.25) is 0 Å². The second kappa shape index (κ2) is 3.11. The summed E-state index contributed by atoms with van der Waals surface area (Å²) in [6.07, 6.45) is 2.38. The molecule has 2 aliphatic rings. The number of nitrogens with one attached hydrogen (secondary N) is 1. The summed E-state index contributed by atoms with van der Waals surface area (Å²) in [5.41, 5.74) is 3.14. The van der Waals surface area contributed by atoms with Crippen LogP contribution in [-0.4, -0.2) is 17.6 Å². The average Bonchev–Trinajstić information content (AvgIpc) is 2.72. The van der Waals surface area contributed by atoms with Crippen LogP contribution in [0.5, 0.6) is 0 Å². The number of H-pyrrole nitrogens is 1. The number of fused-ring (bicyclic) bond motifs is 3. The van der Waals surface area contributed by atoms with Crippen molar-refractivity contribution < 1.29 is 9.53 Å². The average molecular weight is 270 g/mol. The molecule has 4 heteroatoms. The van der Waals surface area contributed by atoms with Gasteiger partial charge in [-0.1, -0.05) is 0 Å². The first-order chi connectivity index (χ1) is 7.22. The summed E-state index contributed by atoms with van der Waals surface area (Å²) in [4.78, 5) is 14.8. The van der Waals surface area contributed by atoms with E-state index in [4.69, 9.17) is 4.74 Å². The van der Waals surface area contributed by atoms with E-state index in [2.05, 4.69) is 20.9 Å². The number of ether oxygens (including phenoxy) is 1. The Balaban J connectivity index is 1.97. The summed E-state index contributed by atoms with van der Waals surface area (Å²) in [6.45, 7) is 2.24. The lowest BCUT2D eigenvalue weighted by molar-refractivity contribution is 0.0519. The number of aromatic amines is 1. The molecule has 1 N–H and O–H groups in total. The first-order valence-electron chi connectivity index (χ1n) is 5.29. The molecule has 0 aliphatic heterocycles. The lowest BCUT2D eigenvalue weighted by Gasteiger charge is -2.00. The Morgan fingerprint density at radius 1 is 1.67 bits per heavy atom. The standard InChI is InChI=1S/C11H12BrNO2/c1-2-15-11(14)10-9(12)8-6-3-5(6)4-7(8)13-10/h5-6,13H,2-4H2,1H3. The molecule has 1 heterocycles. The second-order valence-electron chi connectivity index (χ2n) is 4.23. The molecule has 15 heavy (non-hydrogen) atoms. The number of hydrogen-bond acceptors (Lipinski definition) is 2. The zero-order chi connectivity index (χ0) is 10.6. The third-order valence-corrected chi connectivity index (χ3v) is 4.12. The fraction of sp³-hybridized carbons (Fsp3) is 0.545. The molecule has 2 aliphatic carbocycles. The molecule has 0 spiro atoms. The third kappa shape index (κ3) is 1.27. The number of aromatic nitrogens is 1. The minimum Gasteiger partial charge on any atom is -0.461 e. The minimum absolute atomic E-state index is 0.254. The molecule has 0 radical (unpaired) electrons. The van der Waals surface area contributed by atoms with E-state index in [0.29, 0.717) is 18.2 Å². The fourth-order valence-electron chi connectivity index (χ4n) is 2.52. The van der Waals surface area contributed by atoms with Gasteiger partial charge < -0.3 is 9.72 Å². The molecule has 3 rings (SSSR count).